The standard InChI is InChI=1S/C12H17FN2O/c1-9(15-12(16)7-8-14-2)10-5-3-4-6-11(10)13/h3-6,9,14H,7-8H2,1-2H3,(H,15,16)/t9-/m1/s1. The molecule has 0 aliphatic heterocycles. The van der Waals surface area contributed by atoms with Crippen molar-refractivity contribution in [1.82, 2.24) is 10.6 Å². The minimum Gasteiger partial charge on any atom is -0.349 e. The first-order chi connectivity index (χ1) is 7.65. The molecule has 0 bridgehead atoms. The van der Waals surface area contributed by atoms with Gasteiger partial charge in [0, 0.05) is 18.5 Å². The van der Waals surface area contributed by atoms with Gasteiger partial charge in [-0.25, -0.2) is 4.39 Å². The average Bonchev–Trinajstić information content (AvgIpc) is 2.26. The summed E-state index contributed by atoms with van der Waals surface area (Å²) in [5, 5.41) is 5.64. The van der Waals surface area contributed by atoms with Gasteiger partial charge < -0.3 is 10.6 Å². The van der Waals surface area contributed by atoms with Gasteiger partial charge in [-0.05, 0) is 20.0 Å². The van der Waals surface area contributed by atoms with E-state index < -0.39 is 0 Å². The smallest absolute Gasteiger partial charge is 0.221 e. The summed E-state index contributed by atoms with van der Waals surface area (Å²) in [5.74, 6) is -0.367. The van der Waals surface area contributed by atoms with Gasteiger partial charge in [0.15, 0.2) is 0 Å². The van der Waals surface area contributed by atoms with Crippen molar-refractivity contribution in [3.05, 3.63) is 35.6 Å². The predicted molar refractivity (Wildman–Crippen MR) is 61.5 cm³/mol. The number of hydrogen-bond donors (Lipinski definition) is 2. The van der Waals surface area contributed by atoms with Crippen LogP contribution in [-0.4, -0.2) is 19.5 Å². The first kappa shape index (κ1) is 12.6. The van der Waals surface area contributed by atoms with Crippen molar-refractivity contribution in [2.45, 2.75) is 19.4 Å². The van der Waals surface area contributed by atoms with Gasteiger partial charge in [-0.3, -0.25) is 4.79 Å². The van der Waals surface area contributed by atoms with Crippen molar-refractivity contribution in [3.8, 4) is 0 Å². The highest BCUT2D eigenvalue weighted by atomic mass is 19.1. The van der Waals surface area contributed by atoms with E-state index in [1.807, 2.05) is 0 Å². The Morgan fingerprint density at radius 1 is 1.44 bits per heavy atom. The zero-order valence-electron chi connectivity index (χ0n) is 9.59. The molecule has 1 rings (SSSR count). The summed E-state index contributed by atoms with van der Waals surface area (Å²) in [4.78, 5) is 11.4. The SMILES string of the molecule is CNCCC(=O)N[C@H](C)c1ccccc1F. The molecular formula is C12H17FN2O. The quantitative estimate of drug-likeness (QED) is 0.798. The van der Waals surface area contributed by atoms with Gasteiger partial charge in [0.2, 0.25) is 5.91 Å². The van der Waals surface area contributed by atoms with Crippen molar-refractivity contribution in [2.75, 3.05) is 13.6 Å². The lowest BCUT2D eigenvalue weighted by molar-refractivity contribution is -0.121. The molecule has 4 heteroatoms. The molecule has 1 aromatic carbocycles. The molecule has 0 fully saturated rings. The molecule has 2 N–H and O–H groups in total. The molecule has 0 radical (unpaired) electrons. The van der Waals surface area contributed by atoms with Crippen LogP contribution in [0.15, 0.2) is 24.3 Å². The van der Waals surface area contributed by atoms with Gasteiger partial charge in [-0.15, -0.1) is 0 Å². The van der Waals surface area contributed by atoms with Crippen molar-refractivity contribution >= 4 is 5.91 Å². The van der Waals surface area contributed by atoms with E-state index in [1.54, 1.807) is 32.2 Å². The minimum absolute atomic E-state index is 0.0786. The fourth-order valence-corrected chi connectivity index (χ4v) is 1.46. The molecule has 0 saturated carbocycles. The molecule has 0 aliphatic rings. The van der Waals surface area contributed by atoms with E-state index in [-0.39, 0.29) is 17.8 Å². The second kappa shape index (κ2) is 6.23. The largest absolute Gasteiger partial charge is 0.349 e. The molecule has 0 heterocycles. The first-order valence-corrected chi connectivity index (χ1v) is 5.33. The maximum absolute atomic E-state index is 13.4. The highest BCUT2D eigenvalue weighted by Gasteiger charge is 2.12. The van der Waals surface area contributed by atoms with Gasteiger partial charge in [0.05, 0.1) is 6.04 Å². The Morgan fingerprint density at radius 3 is 2.75 bits per heavy atom. The fraction of sp³-hybridized carbons (Fsp3) is 0.417. The van der Waals surface area contributed by atoms with Crippen LogP contribution in [0.4, 0.5) is 4.39 Å². The maximum Gasteiger partial charge on any atom is 0.221 e. The van der Waals surface area contributed by atoms with Crippen molar-refractivity contribution < 1.29 is 9.18 Å². The van der Waals surface area contributed by atoms with E-state index in [0.29, 0.717) is 18.5 Å². The molecule has 0 aromatic heterocycles. The number of hydrogen-bond acceptors (Lipinski definition) is 2. The number of halogens is 1. The number of carbonyl (C=O) groups is 1. The molecule has 16 heavy (non-hydrogen) atoms. The second-order valence-electron chi connectivity index (χ2n) is 3.66. The summed E-state index contributed by atoms with van der Waals surface area (Å²) >= 11 is 0. The predicted octanol–water partition coefficient (Wildman–Crippen LogP) is 1.61. The summed E-state index contributed by atoms with van der Waals surface area (Å²) < 4.78 is 13.4. The van der Waals surface area contributed by atoms with Crippen LogP contribution in [0, 0.1) is 5.82 Å². The van der Waals surface area contributed by atoms with Crippen molar-refractivity contribution in [3.63, 3.8) is 0 Å². The van der Waals surface area contributed by atoms with Crippen LogP contribution in [0.1, 0.15) is 24.9 Å². The summed E-state index contributed by atoms with van der Waals surface area (Å²) in [5.41, 5.74) is 0.514. The summed E-state index contributed by atoms with van der Waals surface area (Å²) in [6.45, 7) is 2.39. The third-order valence-corrected chi connectivity index (χ3v) is 2.35. The molecule has 0 spiro atoms. The Balaban J connectivity index is 2.55. The number of rotatable bonds is 5. The first-order valence-electron chi connectivity index (χ1n) is 5.33. The number of carbonyl (C=O) groups excluding carboxylic acids is 1. The Morgan fingerprint density at radius 2 is 2.12 bits per heavy atom. The van der Waals surface area contributed by atoms with Gasteiger partial charge in [-0.2, -0.15) is 0 Å². The third kappa shape index (κ3) is 3.62. The van der Waals surface area contributed by atoms with Gasteiger partial charge in [0.25, 0.3) is 0 Å². The van der Waals surface area contributed by atoms with Gasteiger partial charge in [0.1, 0.15) is 5.82 Å². The summed E-state index contributed by atoms with van der Waals surface area (Å²) in [7, 11) is 1.79. The molecule has 88 valence electrons. The normalized spacial score (nSPS) is 12.2. The topological polar surface area (TPSA) is 41.1 Å². The van der Waals surface area contributed by atoms with E-state index in [0.717, 1.165) is 0 Å². The average molecular weight is 224 g/mol. The molecule has 0 aliphatic carbocycles. The van der Waals surface area contributed by atoms with Crippen LogP contribution in [0.25, 0.3) is 0 Å². The van der Waals surface area contributed by atoms with E-state index in [2.05, 4.69) is 10.6 Å². The van der Waals surface area contributed by atoms with Crippen molar-refractivity contribution in [1.29, 1.82) is 0 Å². The molecule has 3 nitrogen and oxygen atoms in total. The highest BCUT2D eigenvalue weighted by Crippen LogP contribution is 2.15. The Kier molecular flexibility index (Phi) is 4.92. The summed E-state index contributed by atoms with van der Waals surface area (Å²) in [6.07, 6.45) is 0.398. The number of nitrogens with one attached hydrogen (secondary N) is 2. The van der Waals surface area contributed by atoms with Crippen LogP contribution >= 0.6 is 0 Å². The van der Waals surface area contributed by atoms with Crippen LogP contribution in [-0.2, 0) is 4.79 Å². The van der Waals surface area contributed by atoms with Crippen LogP contribution in [0.5, 0.6) is 0 Å². The zero-order chi connectivity index (χ0) is 12.0. The van der Waals surface area contributed by atoms with Gasteiger partial charge >= 0.3 is 0 Å². The fourth-order valence-electron chi connectivity index (χ4n) is 1.46. The molecule has 1 aromatic rings. The molecule has 0 unspecified atom stereocenters. The van der Waals surface area contributed by atoms with E-state index in [9.17, 15) is 9.18 Å². The molecule has 1 amide bonds. The number of benzene rings is 1. The number of amides is 1. The lowest BCUT2D eigenvalue weighted by Gasteiger charge is -2.14. The Hall–Kier alpha value is -1.42. The van der Waals surface area contributed by atoms with E-state index in [1.165, 1.54) is 6.07 Å². The zero-order valence-corrected chi connectivity index (χ0v) is 9.59. The second-order valence-corrected chi connectivity index (χ2v) is 3.66. The van der Waals surface area contributed by atoms with Gasteiger partial charge in [-0.1, -0.05) is 18.2 Å². The van der Waals surface area contributed by atoms with E-state index >= 15 is 0 Å². The highest BCUT2D eigenvalue weighted by molar-refractivity contribution is 5.76. The lowest BCUT2D eigenvalue weighted by atomic mass is 10.1. The molecule has 0 saturated heterocycles. The lowest BCUT2D eigenvalue weighted by Crippen LogP contribution is -2.29. The monoisotopic (exact) mass is 224 g/mol. The van der Waals surface area contributed by atoms with Crippen LogP contribution in [0.2, 0.25) is 0 Å². The minimum atomic E-state index is -0.300. The van der Waals surface area contributed by atoms with Crippen LogP contribution < -0.4 is 10.6 Å². The van der Waals surface area contributed by atoms with Crippen molar-refractivity contribution in [2.24, 2.45) is 0 Å². The Bertz CT molecular complexity index is 355. The summed E-state index contributed by atoms with van der Waals surface area (Å²) in [6, 6.07) is 6.16. The van der Waals surface area contributed by atoms with E-state index in [4.69, 9.17) is 0 Å². The van der Waals surface area contributed by atoms with Crippen LogP contribution in [0.3, 0.4) is 0 Å². The maximum atomic E-state index is 13.4. The molecule has 1 atom stereocenters. The third-order valence-electron chi connectivity index (χ3n) is 2.35. The Labute approximate surface area is 95.0 Å². The molecular weight excluding hydrogens is 207 g/mol.